The summed E-state index contributed by atoms with van der Waals surface area (Å²) < 4.78 is 32.4. The molecule has 0 unspecified atom stereocenters. The van der Waals surface area contributed by atoms with Gasteiger partial charge < -0.3 is 59.2 Å². The Bertz CT molecular complexity index is 1240. The van der Waals surface area contributed by atoms with Crippen LogP contribution >= 0.6 is 0 Å². The van der Waals surface area contributed by atoms with Gasteiger partial charge >= 0.3 is 0 Å². The molecule has 14 atom stereocenters. The predicted octanol–water partition coefficient (Wildman–Crippen LogP) is 1.48. The molecule has 3 heterocycles. The lowest BCUT2D eigenvalue weighted by atomic mass is 9.70. The summed E-state index contributed by atoms with van der Waals surface area (Å²) in [6.45, 7) is 14.7. The van der Waals surface area contributed by atoms with Crippen LogP contribution in [0.1, 0.15) is 80.6 Å². The first-order chi connectivity index (χ1) is 25.6. The number of aliphatic hydroxyl groups excluding tert-OH is 1. The lowest BCUT2D eigenvalue weighted by Crippen LogP contribution is -2.60. The fraction of sp³-hybridized carbons (Fsp3) is 0.925. The fourth-order valence-corrected chi connectivity index (χ4v) is 9.01. The zero-order valence-electron chi connectivity index (χ0n) is 36.0. The van der Waals surface area contributed by atoms with Crippen molar-refractivity contribution in [2.75, 3.05) is 75.1 Å². The maximum absolute atomic E-state index is 13.9. The molecule has 4 N–H and O–H groups in total. The molecule has 3 aliphatic rings. The predicted molar refractivity (Wildman–Crippen MR) is 209 cm³/mol. The first kappa shape index (κ1) is 47.4. The van der Waals surface area contributed by atoms with Crippen molar-refractivity contribution in [3.05, 3.63) is 0 Å². The first-order valence-electron chi connectivity index (χ1n) is 20.2. The SMILES string of the molecule is CO[C@]1(C)C[C@H](C[C@H]2[C@H](C)[C@@H](O[C@@H]3O[C@H](C)C[C@H](N(C)C)[C@H]3OCCCNC(=O)CN(C)C)[C@](C)(O)C[C@@H](C)CN(C)C(=O)CNC(=O)[C@@H]2C)O[C@@H](C)[C@@H]1O. The normalized spacial score (nSPS) is 40.0. The third-order valence-corrected chi connectivity index (χ3v) is 12.1. The van der Waals surface area contributed by atoms with Crippen LogP contribution in [0.5, 0.6) is 0 Å². The van der Waals surface area contributed by atoms with E-state index in [1.807, 2.05) is 74.6 Å². The Labute approximate surface area is 330 Å². The number of methoxy groups -OCH3 is 1. The van der Waals surface area contributed by atoms with E-state index in [9.17, 15) is 24.6 Å². The minimum absolute atomic E-state index is 0.0556. The third-order valence-electron chi connectivity index (χ3n) is 12.1. The zero-order valence-corrected chi connectivity index (χ0v) is 36.0. The minimum Gasteiger partial charge on any atom is -0.387 e. The van der Waals surface area contributed by atoms with E-state index in [0.29, 0.717) is 58.3 Å². The molecule has 3 amide bonds. The Morgan fingerprint density at radius 3 is 2.36 bits per heavy atom. The van der Waals surface area contributed by atoms with Crippen molar-refractivity contribution in [3.8, 4) is 0 Å². The summed E-state index contributed by atoms with van der Waals surface area (Å²) in [7, 11) is 11.0. The Hall–Kier alpha value is -1.95. The van der Waals surface area contributed by atoms with Gasteiger partial charge in [0, 0.05) is 52.2 Å². The molecular weight excluding hydrogens is 710 g/mol. The molecule has 3 aliphatic heterocycles. The lowest BCUT2D eigenvalue weighted by Gasteiger charge is -2.49. The number of ether oxygens (including phenoxy) is 5. The van der Waals surface area contributed by atoms with Crippen molar-refractivity contribution >= 4 is 17.7 Å². The van der Waals surface area contributed by atoms with E-state index in [2.05, 4.69) is 15.5 Å². The number of rotatable bonds is 13. The highest BCUT2D eigenvalue weighted by Gasteiger charge is 2.51. The van der Waals surface area contributed by atoms with Crippen LogP contribution < -0.4 is 10.6 Å². The van der Waals surface area contributed by atoms with Gasteiger partial charge in [0.15, 0.2) is 6.29 Å². The fourth-order valence-electron chi connectivity index (χ4n) is 9.01. The molecule has 55 heavy (non-hydrogen) atoms. The van der Waals surface area contributed by atoms with Crippen molar-refractivity contribution < 1.29 is 48.3 Å². The van der Waals surface area contributed by atoms with Gasteiger partial charge in [0.25, 0.3) is 0 Å². The largest absolute Gasteiger partial charge is 0.387 e. The number of amides is 3. The molecule has 3 rings (SSSR count). The highest BCUT2D eigenvalue weighted by Crippen LogP contribution is 2.42. The second-order valence-electron chi connectivity index (χ2n) is 17.7. The monoisotopic (exact) mass is 786 g/mol. The molecular formula is C40H75N5O10. The highest BCUT2D eigenvalue weighted by atomic mass is 16.7. The number of nitrogens with one attached hydrogen (secondary N) is 2. The Morgan fingerprint density at radius 2 is 1.75 bits per heavy atom. The Kier molecular flexibility index (Phi) is 17.8. The summed E-state index contributed by atoms with van der Waals surface area (Å²) in [6.07, 6.45) is -1.73. The van der Waals surface area contributed by atoms with Crippen LogP contribution in [0.15, 0.2) is 0 Å². The van der Waals surface area contributed by atoms with E-state index < -0.39 is 59.7 Å². The van der Waals surface area contributed by atoms with E-state index in [0.717, 1.165) is 0 Å². The van der Waals surface area contributed by atoms with Gasteiger partial charge in [0.1, 0.15) is 12.2 Å². The molecule has 0 radical (unpaired) electrons. The molecule has 0 bridgehead atoms. The van der Waals surface area contributed by atoms with Gasteiger partial charge in [-0.3, -0.25) is 14.4 Å². The number of nitrogens with zero attached hydrogens (tertiary/aromatic N) is 3. The summed E-state index contributed by atoms with van der Waals surface area (Å²) >= 11 is 0. The van der Waals surface area contributed by atoms with Crippen molar-refractivity contribution in [2.45, 2.75) is 141 Å². The first-order valence-corrected chi connectivity index (χ1v) is 20.2. The van der Waals surface area contributed by atoms with Crippen molar-refractivity contribution in [2.24, 2.45) is 23.7 Å². The molecule has 3 fully saturated rings. The minimum atomic E-state index is -1.43. The molecule has 0 aromatic carbocycles. The van der Waals surface area contributed by atoms with Crippen LogP contribution in [0.4, 0.5) is 0 Å². The molecule has 0 spiro atoms. The van der Waals surface area contributed by atoms with Gasteiger partial charge in [0.2, 0.25) is 17.7 Å². The summed E-state index contributed by atoms with van der Waals surface area (Å²) in [4.78, 5) is 44.7. The average molecular weight is 786 g/mol. The summed E-state index contributed by atoms with van der Waals surface area (Å²) in [5.41, 5.74) is -2.29. The van der Waals surface area contributed by atoms with E-state index >= 15 is 0 Å². The van der Waals surface area contributed by atoms with E-state index in [-0.39, 0.29) is 48.4 Å². The van der Waals surface area contributed by atoms with Gasteiger partial charge in [-0.1, -0.05) is 20.8 Å². The number of carbonyl (C=O) groups excluding carboxylic acids is 3. The number of hydrogen-bond acceptors (Lipinski definition) is 12. The maximum Gasteiger partial charge on any atom is 0.241 e. The van der Waals surface area contributed by atoms with E-state index in [1.165, 1.54) is 0 Å². The van der Waals surface area contributed by atoms with Gasteiger partial charge in [-0.05, 0) is 99.3 Å². The van der Waals surface area contributed by atoms with Crippen LogP contribution in [0.3, 0.4) is 0 Å². The topological polar surface area (TPSA) is 172 Å². The molecule has 0 aliphatic carbocycles. The molecule has 3 saturated heterocycles. The summed E-state index contributed by atoms with van der Waals surface area (Å²) in [5, 5.41) is 29.4. The van der Waals surface area contributed by atoms with Crippen molar-refractivity contribution in [1.29, 1.82) is 0 Å². The molecule has 0 aromatic heterocycles. The van der Waals surface area contributed by atoms with E-state index in [1.54, 1.807) is 26.0 Å². The number of aliphatic hydroxyl groups is 2. The van der Waals surface area contributed by atoms with Crippen LogP contribution in [-0.4, -0.2) is 178 Å². The molecule has 0 aromatic rings. The average Bonchev–Trinajstić information content (AvgIpc) is 3.09. The molecule has 15 heteroatoms. The number of carbonyl (C=O) groups is 3. The smallest absolute Gasteiger partial charge is 0.241 e. The van der Waals surface area contributed by atoms with Crippen LogP contribution in [0.2, 0.25) is 0 Å². The van der Waals surface area contributed by atoms with Gasteiger partial charge in [-0.25, -0.2) is 0 Å². The van der Waals surface area contributed by atoms with Gasteiger partial charge in [0.05, 0.1) is 48.7 Å². The van der Waals surface area contributed by atoms with Gasteiger partial charge in [-0.15, -0.1) is 0 Å². The Balaban J connectivity index is 2.02. The van der Waals surface area contributed by atoms with Crippen molar-refractivity contribution in [3.63, 3.8) is 0 Å². The van der Waals surface area contributed by atoms with Crippen LogP contribution in [0.25, 0.3) is 0 Å². The maximum atomic E-state index is 13.9. The summed E-state index contributed by atoms with van der Waals surface area (Å²) in [6, 6.07) is -0.0681. The van der Waals surface area contributed by atoms with Crippen LogP contribution in [-0.2, 0) is 38.1 Å². The number of likely N-dealkylation sites (N-methyl/N-ethyl adjacent to an activating group) is 3. The number of hydrogen-bond donors (Lipinski definition) is 4. The van der Waals surface area contributed by atoms with E-state index in [4.69, 9.17) is 23.7 Å². The third kappa shape index (κ3) is 13.0. The standard InChI is InChI=1S/C40H75N5O10/c1-24-19-39(6,50)36(55-38-34(31(44(10)11)17-25(2)53-38)52-16-14-15-41-32(46)23-43(8)9)26(3)30(27(4)37(49)42-21-33(47)45(12)22-24)18-29-20-40(7,51-13)35(48)28(5)54-29/h24-31,34-36,38,48,50H,14-23H2,1-13H3,(H,41,46)(H,42,49)/t24-,25-,26+,27-,28+,29+,30+,31+,34-,35+,36-,38+,39-,40-/m1/s1. The van der Waals surface area contributed by atoms with Gasteiger partial charge in [-0.2, -0.15) is 0 Å². The second kappa shape index (κ2) is 20.6. The summed E-state index contributed by atoms with van der Waals surface area (Å²) in [5.74, 6) is -2.10. The van der Waals surface area contributed by atoms with Crippen LogP contribution in [0, 0.1) is 23.7 Å². The molecule has 320 valence electrons. The molecule has 15 nitrogen and oxygen atoms in total. The molecule has 0 saturated carbocycles. The second-order valence-corrected chi connectivity index (χ2v) is 17.7. The quantitative estimate of drug-likeness (QED) is 0.199. The Morgan fingerprint density at radius 1 is 1.07 bits per heavy atom. The van der Waals surface area contributed by atoms with Crippen molar-refractivity contribution in [1.82, 2.24) is 25.3 Å². The highest BCUT2D eigenvalue weighted by molar-refractivity contribution is 5.85. The lowest BCUT2D eigenvalue weighted by molar-refractivity contribution is -0.305. The zero-order chi connectivity index (χ0) is 41.4.